The normalized spacial score (nSPS) is 10.7. The van der Waals surface area contributed by atoms with Crippen LogP contribution in [0.5, 0.6) is 0 Å². The van der Waals surface area contributed by atoms with Crippen molar-refractivity contribution in [2.24, 2.45) is 0 Å². The highest BCUT2D eigenvalue weighted by Gasteiger charge is 2.18. The minimum absolute atomic E-state index is 0.0990. The number of nitrogens with zero attached hydrogens (tertiary/aromatic N) is 3. The molecule has 0 saturated heterocycles. The predicted octanol–water partition coefficient (Wildman–Crippen LogP) is -0.0824. The molecule has 0 unspecified atom stereocenters. The molecule has 0 fully saturated rings. The van der Waals surface area contributed by atoms with Crippen LogP contribution in [0.3, 0.4) is 0 Å². The van der Waals surface area contributed by atoms with E-state index in [1.807, 2.05) is 0 Å². The molecular weight excluding hydrogens is 284 g/mol. The Morgan fingerprint density at radius 2 is 2.25 bits per heavy atom. The van der Waals surface area contributed by atoms with Gasteiger partial charge >= 0.3 is 6.01 Å². The van der Waals surface area contributed by atoms with Crippen LogP contribution in [-0.4, -0.2) is 35.3 Å². The van der Waals surface area contributed by atoms with Gasteiger partial charge in [0.1, 0.15) is 11.5 Å². The summed E-state index contributed by atoms with van der Waals surface area (Å²) in [5.74, 6) is 5.28. The molecule has 8 nitrogen and oxygen atoms in total. The lowest BCUT2D eigenvalue weighted by Crippen LogP contribution is -2.13. The molecule has 2 aromatic heterocycles. The first-order valence-corrected chi connectivity index (χ1v) is 6.87. The molecule has 2 heterocycles. The number of hydrogen-bond acceptors (Lipinski definition) is 7. The van der Waals surface area contributed by atoms with Gasteiger partial charge in [-0.05, 0) is 13.0 Å². The molecule has 0 aromatic carbocycles. The molecule has 0 saturated carbocycles. The van der Waals surface area contributed by atoms with Crippen LogP contribution in [0, 0.1) is 18.8 Å². The summed E-state index contributed by atoms with van der Waals surface area (Å²) in [6.45, 7) is 1.24. The molecule has 0 atom stereocenters. The van der Waals surface area contributed by atoms with Crippen LogP contribution in [0.1, 0.15) is 11.4 Å². The molecule has 2 N–H and O–H groups in total. The first-order valence-electron chi connectivity index (χ1n) is 5.39. The summed E-state index contributed by atoms with van der Waals surface area (Å²) in [5, 5.41) is 12.1. The fourth-order valence-electron chi connectivity index (χ4n) is 1.29. The van der Waals surface area contributed by atoms with E-state index in [0.717, 1.165) is 6.20 Å². The zero-order chi connectivity index (χ0) is 14.6. The summed E-state index contributed by atoms with van der Waals surface area (Å²) in [4.78, 5) is 7.43. The van der Waals surface area contributed by atoms with Crippen molar-refractivity contribution in [3.05, 3.63) is 29.8 Å². The number of aromatic nitrogens is 3. The standard InChI is InChI=1S/C11H10N4O4S/c1-8-13-11(19-14-8)15-20(17,18)10-5-9(3-2-4-16)6-12-7-10/h5-7,16H,4H2,1H3,(H,13,14,15). The van der Waals surface area contributed by atoms with Crippen molar-refractivity contribution in [1.82, 2.24) is 15.1 Å². The van der Waals surface area contributed by atoms with Gasteiger partial charge in [-0.1, -0.05) is 17.0 Å². The van der Waals surface area contributed by atoms with Crippen LogP contribution in [0.2, 0.25) is 0 Å². The molecule has 20 heavy (non-hydrogen) atoms. The van der Waals surface area contributed by atoms with Gasteiger partial charge in [0.2, 0.25) is 0 Å². The highest BCUT2D eigenvalue weighted by atomic mass is 32.2. The second-order valence-electron chi connectivity index (χ2n) is 3.62. The quantitative estimate of drug-likeness (QED) is 0.760. The lowest BCUT2D eigenvalue weighted by atomic mass is 10.3. The summed E-state index contributed by atoms with van der Waals surface area (Å²) in [6.07, 6.45) is 2.55. The fourth-order valence-corrected chi connectivity index (χ4v) is 2.20. The summed E-state index contributed by atoms with van der Waals surface area (Å²) in [7, 11) is -3.89. The van der Waals surface area contributed by atoms with Crippen molar-refractivity contribution in [2.75, 3.05) is 11.3 Å². The molecular formula is C11H10N4O4S. The number of aliphatic hydroxyl groups is 1. The van der Waals surface area contributed by atoms with E-state index in [1.54, 1.807) is 6.92 Å². The van der Waals surface area contributed by atoms with Crippen LogP contribution >= 0.6 is 0 Å². The van der Waals surface area contributed by atoms with Gasteiger partial charge < -0.3 is 9.63 Å². The molecule has 0 radical (unpaired) electrons. The van der Waals surface area contributed by atoms with Crippen LogP contribution in [0.25, 0.3) is 0 Å². The Kier molecular flexibility index (Phi) is 3.97. The molecule has 9 heteroatoms. The van der Waals surface area contributed by atoms with Gasteiger partial charge in [-0.2, -0.15) is 4.98 Å². The number of aryl methyl sites for hydroxylation is 1. The van der Waals surface area contributed by atoms with E-state index in [1.165, 1.54) is 12.3 Å². The summed E-state index contributed by atoms with van der Waals surface area (Å²) >= 11 is 0. The second kappa shape index (κ2) is 5.68. The number of pyridine rings is 1. The van der Waals surface area contributed by atoms with E-state index in [4.69, 9.17) is 5.11 Å². The average Bonchev–Trinajstić information content (AvgIpc) is 2.81. The first-order chi connectivity index (χ1) is 9.51. The molecule has 0 aliphatic heterocycles. The number of hydrogen-bond donors (Lipinski definition) is 2. The maximum atomic E-state index is 12.1. The van der Waals surface area contributed by atoms with Gasteiger partial charge in [0.25, 0.3) is 10.0 Å². The largest absolute Gasteiger partial charge is 0.384 e. The molecule has 2 rings (SSSR count). The lowest BCUT2D eigenvalue weighted by molar-refractivity contribution is 0.350. The van der Waals surface area contributed by atoms with Crippen molar-refractivity contribution >= 4 is 16.0 Å². The Morgan fingerprint density at radius 1 is 1.45 bits per heavy atom. The van der Waals surface area contributed by atoms with Gasteiger partial charge in [-0.25, -0.2) is 13.1 Å². The molecule has 0 spiro atoms. The third-order valence-electron chi connectivity index (χ3n) is 2.08. The van der Waals surface area contributed by atoms with E-state index in [2.05, 4.69) is 36.2 Å². The number of aliphatic hydroxyl groups excluding tert-OH is 1. The number of sulfonamides is 1. The molecule has 0 amide bonds. The summed E-state index contributed by atoms with van der Waals surface area (Å²) in [6, 6.07) is 1.09. The molecule has 2 aromatic rings. The van der Waals surface area contributed by atoms with Crippen molar-refractivity contribution in [3.63, 3.8) is 0 Å². The van der Waals surface area contributed by atoms with Crippen LogP contribution in [-0.2, 0) is 10.0 Å². The number of rotatable bonds is 3. The molecule has 104 valence electrons. The Balaban J connectivity index is 2.29. The van der Waals surface area contributed by atoms with Gasteiger partial charge in [-0.3, -0.25) is 4.98 Å². The first kappa shape index (κ1) is 14.0. The highest BCUT2D eigenvalue weighted by Crippen LogP contribution is 2.14. The van der Waals surface area contributed by atoms with Crippen LogP contribution in [0.4, 0.5) is 6.01 Å². The van der Waals surface area contributed by atoms with Gasteiger partial charge in [0.15, 0.2) is 5.82 Å². The van der Waals surface area contributed by atoms with E-state index >= 15 is 0 Å². The third-order valence-corrected chi connectivity index (χ3v) is 3.37. The van der Waals surface area contributed by atoms with Crippen LogP contribution in [0.15, 0.2) is 27.9 Å². The second-order valence-corrected chi connectivity index (χ2v) is 5.30. The Morgan fingerprint density at radius 3 is 2.90 bits per heavy atom. The average molecular weight is 294 g/mol. The zero-order valence-corrected chi connectivity index (χ0v) is 11.2. The smallest absolute Gasteiger partial charge is 0.335 e. The zero-order valence-electron chi connectivity index (χ0n) is 10.4. The molecule has 0 aliphatic carbocycles. The van der Waals surface area contributed by atoms with E-state index in [9.17, 15) is 8.42 Å². The van der Waals surface area contributed by atoms with E-state index < -0.39 is 10.0 Å². The number of nitrogens with one attached hydrogen (secondary N) is 1. The Hall–Kier alpha value is -2.44. The van der Waals surface area contributed by atoms with Gasteiger partial charge in [-0.15, -0.1) is 0 Å². The maximum absolute atomic E-state index is 12.1. The lowest BCUT2D eigenvalue weighted by Gasteiger charge is -2.03. The summed E-state index contributed by atoms with van der Waals surface area (Å²) in [5.41, 5.74) is 0.364. The van der Waals surface area contributed by atoms with Crippen LogP contribution < -0.4 is 4.72 Å². The van der Waals surface area contributed by atoms with Gasteiger partial charge in [0, 0.05) is 18.0 Å². The highest BCUT2D eigenvalue weighted by molar-refractivity contribution is 7.92. The number of anilines is 1. The molecule has 0 aliphatic rings. The minimum atomic E-state index is -3.89. The van der Waals surface area contributed by atoms with Crippen molar-refractivity contribution < 1.29 is 18.0 Å². The predicted molar refractivity (Wildman–Crippen MR) is 68.0 cm³/mol. The topological polar surface area (TPSA) is 118 Å². The van der Waals surface area contributed by atoms with E-state index in [-0.39, 0.29) is 17.5 Å². The maximum Gasteiger partial charge on any atom is 0.335 e. The monoisotopic (exact) mass is 294 g/mol. The van der Waals surface area contributed by atoms with Crippen molar-refractivity contribution in [1.29, 1.82) is 0 Å². The van der Waals surface area contributed by atoms with Gasteiger partial charge in [0.05, 0.1) is 0 Å². The molecule has 0 bridgehead atoms. The third kappa shape index (κ3) is 3.31. The van der Waals surface area contributed by atoms with Crippen molar-refractivity contribution in [3.8, 4) is 11.8 Å². The minimum Gasteiger partial charge on any atom is -0.384 e. The SMILES string of the molecule is Cc1noc(NS(=O)(=O)c2cncc(C#CCO)c2)n1. The van der Waals surface area contributed by atoms with E-state index in [0.29, 0.717) is 11.4 Å². The van der Waals surface area contributed by atoms with Crippen molar-refractivity contribution in [2.45, 2.75) is 11.8 Å². The Labute approximate surface area is 114 Å². The summed E-state index contributed by atoms with van der Waals surface area (Å²) < 4.78 is 30.9. The fraction of sp³-hybridized carbons (Fsp3) is 0.182. The Bertz CT molecular complexity index is 773.